The van der Waals surface area contributed by atoms with E-state index in [0.29, 0.717) is 6.54 Å². The Labute approximate surface area is 151 Å². The number of aromatic nitrogens is 1. The van der Waals surface area contributed by atoms with Gasteiger partial charge in [-0.25, -0.2) is 0 Å². The predicted molar refractivity (Wildman–Crippen MR) is 101 cm³/mol. The number of nitrogens with one attached hydrogen (secondary N) is 1. The van der Waals surface area contributed by atoms with Crippen molar-refractivity contribution in [2.75, 3.05) is 12.4 Å². The van der Waals surface area contributed by atoms with E-state index in [1.165, 1.54) is 12.7 Å². The second kappa shape index (κ2) is 6.02. The Morgan fingerprint density at radius 1 is 1.19 bits per heavy atom. The maximum Gasteiger partial charge on any atom is 0.310 e. The average molecular weight is 348 g/mol. The van der Waals surface area contributed by atoms with Crippen LogP contribution in [0, 0.1) is 13.8 Å². The summed E-state index contributed by atoms with van der Waals surface area (Å²) < 4.78 is 6.88. The molecule has 1 aliphatic rings. The van der Waals surface area contributed by atoms with E-state index in [1.807, 2.05) is 30.7 Å². The fourth-order valence-electron chi connectivity index (χ4n) is 3.74. The van der Waals surface area contributed by atoms with Crippen molar-refractivity contribution >= 4 is 28.5 Å². The first-order chi connectivity index (χ1) is 12.5. The quantitative estimate of drug-likeness (QED) is 0.736. The largest absolute Gasteiger partial charge is 0.469 e. The lowest BCUT2D eigenvalue weighted by Crippen LogP contribution is -2.24. The number of anilines is 1. The number of hydrogen-bond acceptors (Lipinski definition) is 3. The van der Waals surface area contributed by atoms with E-state index < -0.39 is 0 Å². The van der Waals surface area contributed by atoms with Gasteiger partial charge in [-0.15, -0.1) is 0 Å². The van der Waals surface area contributed by atoms with Crippen molar-refractivity contribution in [3.63, 3.8) is 0 Å². The fraction of sp³-hybridized carbons (Fsp3) is 0.238. The van der Waals surface area contributed by atoms with Crippen LogP contribution in [0.5, 0.6) is 0 Å². The lowest BCUT2D eigenvalue weighted by molar-refractivity contribution is -0.139. The Morgan fingerprint density at radius 3 is 2.62 bits per heavy atom. The van der Waals surface area contributed by atoms with Gasteiger partial charge in [0.1, 0.15) is 6.54 Å². The van der Waals surface area contributed by atoms with Gasteiger partial charge in [-0.1, -0.05) is 29.8 Å². The van der Waals surface area contributed by atoms with Gasteiger partial charge in [0.25, 0.3) is 0 Å². The first-order valence-electron chi connectivity index (χ1n) is 8.57. The Kier molecular flexibility index (Phi) is 3.80. The van der Waals surface area contributed by atoms with Gasteiger partial charge in [-0.3, -0.25) is 9.59 Å². The smallest absolute Gasteiger partial charge is 0.310 e. The van der Waals surface area contributed by atoms with Crippen LogP contribution < -0.4 is 5.32 Å². The van der Waals surface area contributed by atoms with Gasteiger partial charge in [0.15, 0.2) is 0 Å². The highest BCUT2D eigenvalue weighted by Gasteiger charge is 2.26. The van der Waals surface area contributed by atoms with Crippen LogP contribution in [0.15, 0.2) is 36.5 Å². The zero-order chi connectivity index (χ0) is 18.4. The fourth-order valence-corrected chi connectivity index (χ4v) is 3.74. The van der Waals surface area contributed by atoms with Gasteiger partial charge >= 0.3 is 5.97 Å². The van der Waals surface area contributed by atoms with Gasteiger partial charge in [0, 0.05) is 11.6 Å². The van der Waals surface area contributed by atoms with E-state index in [-0.39, 0.29) is 18.3 Å². The van der Waals surface area contributed by atoms with Crippen molar-refractivity contribution in [2.45, 2.75) is 26.8 Å². The standard InChI is InChI=1S/C21H20N2O3/c1-12-4-6-14(7-5-12)19-15-8-9-23-11-17(24)22-20(21(15)23)13(2)16(19)10-18(25)26-3/h4-9H,10-11H2,1-3H3,(H,22,24). The molecule has 2 aromatic carbocycles. The molecule has 0 saturated carbocycles. The third-order valence-electron chi connectivity index (χ3n) is 5.07. The van der Waals surface area contributed by atoms with Crippen molar-refractivity contribution in [1.29, 1.82) is 0 Å². The molecule has 0 spiro atoms. The minimum atomic E-state index is -0.297. The molecule has 1 N–H and O–H groups in total. The van der Waals surface area contributed by atoms with E-state index in [4.69, 9.17) is 4.74 Å². The second-order valence-electron chi connectivity index (χ2n) is 6.73. The number of aryl methyl sites for hydroxylation is 1. The molecule has 0 bridgehead atoms. The van der Waals surface area contributed by atoms with Gasteiger partial charge in [-0.2, -0.15) is 0 Å². The first kappa shape index (κ1) is 16.4. The Bertz CT molecular complexity index is 1050. The molecule has 26 heavy (non-hydrogen) atoms. The number of hydrogen-bond donors (Lipinski definition) is 1. The predicted octanol–water partition coefficient (Wildman–Crippen LogP) is 3.59. The number of esters is 1. The number of nitrogens with zero attached hydrogens (tertiary/aromatic N) is 1. The summed E-state index contributed by atoms with van der Waals surface area (Å²) in [7, 11) is 1.39. The summed E-state index contributed by atoms with van der Waals surface area (Å²) in [5.41, 5.74) is 6.86. The van der Waals surface area contributed by atoms with E-state index in [9.17, 15) is 9.59 Å². The summed E-state index contributed by atoms with van der Waals surface area (Å²) >= 11 is 0. The maximum atomic E-state index is 12.1. The molecule has 2 heterocycles. The molecule has 132 valence electrons. The van der Waals surface area contributed by atoms with Gasteiger partial charge in [-0.05, 0) is 42.2 Å². The summed E-state index contributed by atoms with van der Waals surface area (Å²) in [6.45, 7) is 4.31. The minimum Gasteiger partial charge on any atom is -0.469 e. The molecular formula is C21H20N2O3. The molecule has 1 aliphatic heterocycles. The average Bonchev–Trinajstić information content (AvgIpc) is 3.04. The molecule has 1 aromatic heterocycles. The SMILES string of the molecule is COC(=O)Cc1c(C)c2c3c(ccn3CC(=O)N2)c1-c1ccc(C)cc1. The van der Waals surface area contributed by atoms with E-state index >= 15 is 0 Å². The van der Waals surface area contributed by atoms with E-state index in [1.54, 1.807) is 0 Å². The van der Waals surface area contributed by atoms with Gasteiger partial charge < -0.3 is 14.6 Å². The number of amides is 1. The molecule has 0 radical (unpaired) electrons. The number of carbonyl (C=O) groups excluding carboxylic acids is 2. The molecular weight excluding hydrogens is 328 g/mol. The molecule has 4 rings (SSSR count). The Hall–Kier alpha value is -3.08. The molecule has 0 aliphatic carbocycles. The highest BCUT2D eigenvalue weighted by molar-refractivity contribution is 6.12. The lowest BCUT2D eigenvalue weighted by Gasteiger charge is -2.23. The molecule has 0 saturated heterocycles. The monoisotopic (exact) mass is 348 g/mol. The Balaban J connectivity index is 2.07. The van der Waals surface area contributed by atoms with Crippen LogP contribution in [0.25, 0.3) is 22.0 Å². The summed E-state index contributed by atoms with van der Waals surface area (Å²) in [4.78, 5) is 24.1. The first-order valence-corrected chi connectivity index (χ1v) is 8.57. The van der Waals surface area contributed by atoms with Crippen LogP contribution in [-0.2, 0) is 27.3 Å². The Morgan fingerprint density at radius 2 is 1.92 bits per heavy atom. The summed E-state index contributed by atoms with van der Waals surface area (Å²) in [5.74, 6) is -0.347. The molecule has 0 fully saturated rings. The third kappa shape index (κ3) is 2.47. The number of benzene rings is 2. The van der Waals surface area contributed by atoms with Crippen molar-refractivity contribution in [1.82, 2.24) is 4.57 Å². The summed E-state index contributed by atoms with van der Waals surface area (Å²) in [6, 6.07) is 10.3. The maximum absolute atomic E-state index is 12.1. The van der Waals surface area contributed by atoms with Crippen LogP contribution in [0.4, 0.5) is 5.69 Å². The van der Waals surface area contributed by atoms with Gasteiger partial charge in [0.05, 0.1) is 24.7 Å². The van der Waals surface area contributed by atoms with E-state index in [0.717, 1.165) is 38.8 Å². The highest BCUT2D eigenvalue weighted by Crippen LogP contribution is 2.42. The normalized spacial score (nSPS) is 13.0. The third-order valence-corrected chi connectivity index (χ3v) is 5.07. The molecule has 5 heteroatoms. The summed E-state index contributed by atoms with van der Waals surface area (Å²) in [6.07, 6.45) is 2.10. The molecule has 0 atom stereocenters. The van der Waals surface area contributed by atoms with Crippen LogP contribution in [0.1, 0.15) is 16.7 Å². The molecule has 3 aromatic rings. The van der Waals surface area contributed by atoms with Gasteiger partial charge in [0.2, 0.25) is 5.91 Å². The number of carbonyl (C=O) groups is 2. The topological polar surface area (TPSA) is 60.3 Å². The van der Waals surface area contributed by atoms with Crippen molar-refractivity contribution in [3.8, 4) is 11.1 Å². The zero-order valence-electron chi connectivity index (χ0n) is 15.1. The van der Waals surface area contributed by atoms with Crippen molar-refractivity contribution in [3.05, 3.63) is 53.2 Å². The number of methoxy groups -OCH3 is 1. The van der Waals surface area contributed by atoms with E-state index in [2.05, 4.69) is 29.6 Å². The number of rotatable bonds is 3. The number of ether oxygens (including phenoxy) is 1. The van der Waals surface area contributed by atoms with Crippen molar-refractivity contribution < 1.29 is 14.3 Å². The van der Waals surface area contributed by atoms with Crippen LogP contribution in [0.2, 0.25) is 0 Å². The summed E-state index contributed by atoms with van der Waals surface area (Å²) in [5, 5.41) is 4.02. The van der Waals surface area contributed by atoms with Crippen molar-refractivity contribution in [2.24, 2.45) is 0 Å². The minimum absolute atomic E-state index is 0.0507. The molecule has 0 unspecified atom stereocenters. The lowest BCUT2D eigenvalue weighted by atomic mass is 9.89. The zero-order valence-corrected chi connectivity index (χ0v) is 15.1. The molecule has 1 amide bonds. The van der Waals surface area contributed by atoms with Crippen LogP contribution in [0.3, 0.4) is 0 Å². The molecule has 5 nitrogen and oxygen atoms in total. The van der Waals surface area contributed by atoms with Crippen LogP contribution in [-0.4, -0.2) is 23.6 Å². The second-order valence-corrected chi connectivity index (χ2v) is 6.73. The highest BCUT2D eigenvalue weighted by atomic mass is 16.5. The van der Waals surface area contributed by atoms with Crippen LogP contribution >= 0.6 is 0 Å².